The molecule has 1 heterocycles. The summed E-state index contributed by atoms with van der Waals surface area (Å²) < 4.78 is 0. The van der Waals surface area contributed by atoms with Gasteiger partial charge in [0.25, 0.3) is 0 Å². The summed E-state index contributed by atoms with van der Waals surface area (Å²) in [5.41, 5.74) is 0.193. The Morgan fingerprint density at radius 3 is 2.10 bits per heavy atom. The predicted octanol–water partition coefficient (Wildman–Crippen LogP) is 6.18. The van der Waals surface area contributed by atoms with Crippen molar-refractivity contribution in [1.82, 2.24) is 9.97 Å². The van der Waals surface area contributed by atoms with E-state index in [0.717, 1.165) is 16.8 Å². The molecule has 161 valence electrons. The van der Waals surface area contributed by atoms with Crippen molar-refractivity contribution in [3.63, 3.8) is 0 Å². The van der Waals surface area contributed by atoms with Gasteiger partial charge in [-0.05, 0) is 6.07 Å². The molecule has 0 spiro atoms. The number of hydrogen-bond acceptors (Lipinski definition) is 4. The number of hydrogen-bond donors (Lipinski definition) is 1. The molecule has 0 bridgehead atoms. The summed E-state index contributed by atoms with van der Waals surface area (Å²) in [5.74, 6) is 0.826. The van der Waals surface area contributed by atoms with Gasteiger partial charge in [0.2, 0.25) is 0 Å². The maximum Gasteiger partial charge on any atom is 0.164 e. The molecule has 0 aliphatic carbocycles. The van der Waals surface area contributed by atoms with Crippen LogP contribution in [0.2, 0.25) is 0 Å². The normalized spacial score (nSPS) is 11.9. The van der Waals surface area contributed by atoms with E-state index in [9.17, 15) is 9.90 Å². The van der Waals surface area contributed by atoms with E-state index in [1.165, 1.54) is 11.5 Å². The number of rotatable bonds is 2. The quantitative estimate of drug-likeness (QED) is 0.223. The van der Waals surface area contributed by atoms with E-state index in [4.69, 9.17) is 0 Å². The number of ketones is 1. The van der Waals surface area contributed by atoms with Gasteiger partial charge in [-0.1, -0.05) is 76.8 Å². The van der Waals surface area contributed by atoms with Gasteiger partial charge in [0.15, 0.2) is 5.78 Å². The minimum absolute atomic E-state index is 0. The molecule has 0 atom stereocenters. The summed E-state index contributed by atoms with van der Waals surface area (Å²) in [7, 11) is 0. The second-order valence-electron chi connectivity index (χ2n) is 8.91. The van der Waals surface area contributed by atoms with Crippen molar-refractivity contribution in [2.45, 2.75) is 41.5 Å². The van der Waals surface area contributed by atoms with E-state index in [0.29, 0.717) is 0 Å². The summed E-state index contributed by atoms with van der Waals surface area (Å²) in [4.78, 5) is 20.0. The zero-order chi connectivity index (χ0) is 21.7. The molecule has 5 heteroatoms. The van der Waals surface area contributed by atoms with Crippen molar-refractivity contribution >= 4 is 16.6 Å². The van der Waals surface area contributed by atoms with Gasteiger partial charge >= 0.3 is 0 Å². The predicted molar refractivity (Wildman–Crippen MR) is 118 cm³/mol. The van der Waals surface area contributed by atoms with Crippen LogP contribution in [0.5, 0.6) is 0 Å². The van der Waals surface area contributed by atoms with Crippen LogP contribution >= 0.6 is 0 Å². The third-order valence-corrected chi connectivity index (χ3v) is 4.29. The van der Waals surface area contributed by atoms with Crippen LogP contribution in [-0.2, 0) is 24.9 Å². The van der Waals surface area contributed by atoms with Crippen molar-refractivity contribution in [2.24, 2.45) is 10.8 Å². The number of aliphatic hydroxyl groups is 1. The molecule has 1 N–H and O–H groups in total. The SMILES string of the molecule is CC(C)(C)C(=O)/C=C(\O)C(C)(C)C.[Ir].[c-]1ccc2ccccc2c1-c1ncccn1. The van der Waals surface area contributed by atoms with Gasteiger partial charge in [-0.3, -0.25) is 14.8 Å². The molecule has 3 aromatic rings. The van der Waals surface area contributed by atoms with E-state index in [2.05, 4.69) is 28.2 Å². The van der Waals surface area contributed by atoms with Gasteiger partial charge in [0, 0.05) is 49.4 Å². The van der Waals surface area contributed by atoms with E-state index >= 15 is 0 Å². The Hall–Kier alpha value is -2.36. The zero-order valence-electron chi connectivity index (χ0n) is 18.4. The Morgan fingerprint density at radius 2 is 1.53 bits per heavy atom. The fraction of sp³-hybridized carbons (Fsp3) is 0.320. The standard InChI is InChI=1S/C14H9N2.C11H20O2.Ir/c1-2-7-12-11(5-1)6-3-8-13(12)14-15-9-4-10-16-14;1-10(2,3)8(12)7-9(13)11(4,5)6;/h1-7,9-10H;7,12H,1-6H3;/q-1;;/b;8-7-;. The molecule has 0 amide bonds. The van der Waals surface area contributed by atoms with Crippen LogP contribution in [0.25, 0.3) is 22.2 Å². The van der Waals surface area contributed by atoms with Gasteiger partial charge in [-0.2, -0.15) is 0 Å². The number of carbonyl (C=O) groups excluding carboxylic acids is 1. The topological polar surface area (TPSA) is 63.1 Å². The smallest absolute Gasteiger partial charge is 0.164 e. The van der Waals surface area contributed by atoms with E-state index in [-0.39, 0.29) is 37.1 Å². The Bertz CT molecular complexity index is 996. The summed E-state index contributed by atoms with van der Waals surface area (Å²) in [6.45, 7) is 11.1. The molecular weight excluding hydrogens is 553 g/mol. The maximum absolute atomic E-state index is 11.5. The first kappa shape index (κ1) is 25.7. The minimum Gasteiger partial charge on any atom is -0.512 e. The number of nitrogens with zero attached hydrogens (tertiary/aromatic N) is 2. The van der Waals surface area contributed by atoms with Crippen LogP contribution < -0.4 is 0 Å². The van der Waals surface area contributed by atoms with Crippen LogP contribution in [0.1, 0.15) is 41.5 Å². The van der Waals surface area contributed by atoms with Crippen molar-refractivity contribution in [2.75, 3.05) is 0 Å². The molecule has 2 aromatic carbocycles. The second kappa shape index (κ2) is 10.6. The Balaban J connectivity index is 0.000000299. The molecule has 1 aromatic heterocycles. The molecule has 0 unspecified atom stereocenters. The zero-order valence-corrected chi connectivity index (χ0v) is 20.8. The number of aliphatic hydroxyl groups excluding tert-OH is 1. The summed E-state index contributed by atoms with van der Waals surface area (Å²) in [5, 5.41) is 11.9. The number of allylic oxidation sites excluding steroid dienone is 2. The molecule has 0 fully saturated rings. The number of carbonyl (C=O) groups is 1. The van der Waals surface area contributed by atoms with E-state index in [1.807, 2.05) is 71.9 Å². The molecule has 0 saturated heterocycles. The monoisotopic (exact) mass is 582 g/mol. The molecule has 4 nitrogen and oxygen atoms in total. The maximum atomic E-state index is 11.5. The number of benzene rings is 2. The first-order valence-corrected chi connectivity index (χ1v) is 9.62. The molecule has 0 saturated carbocycles. The van der Waals surface area contributed by atoms with Crippen LogP contribution in [0.3, 0.4) is 0 Å². The van der Waals surface area contributed by atoms with Crippen LogP contribution in [0, 0.1) is 16.9 Å². The van der Waals surface area contributed by atoms with Gasteiger partial charge in [-0.15, -0.1) is 23.6 Å². The third-order valence-electron chi connectivity index (χ3n) is 4.29. The van der Waals surface area contributed by atoms with E-state index < -0.39 is 5.41 Å². The molecule has 3 rings (SSSR count). The molecule has 1 radical (unpaired) electrons. The molecular formula is C25H29IrN2O2-. The van der Waals surface area contributed by atoms with Crippen LogP contribution in [0.4, 0.5) is 0 Å². The fourth-order valence-electron chi connectivity index (χ4n) is 2.33. The van der Waals surface area contributed by atoms with Gasteiger partial charge in [0.05, 0.1) is 5.82 Å². The summed E-state index contributed by atoms with van der Waals surface area (Å²) in [6.07, 6.45) is 4.83. The average Bonchev–Trinajstić information content (AvgIpc) is 2.67. The minimum atomic E-state index is -0.417. The third kappa shape index (κ3) is 7.16. The van der Waals surface area contributed by atoms with Crippen LogP contribution in [0.15, 0.2) is 66.7 Å². The molecule has 0 aliphatic heterocycles. The first-order chi connectivity index (χ1) is 13.5. The second-order valence-corrected chi connectivity index (χ2v) is 8.91. The summed E-state index contributed by atoms with van der Waals surface area (Å²) in [6, 6.07) is 17.2. The van der Waals surface area contributed by atoms with Crippen molar-refractivity contribution in [1.29, 1.82) is 0 Å². The first-order valence-electron chi connectivity index (χ1n) is 9.62. The van der Waals surface area contributed by atoms with Crippen LogP contribution in [-0.4, -0.2) is 20.9 Å². The van der Waals surface area contributed by atoms with Gasteiger partial charge < -0.3 is 5.11 Å². The number of aromatic nitrogens is 2. The Kier molecular flexibility index (Phi) is 9.07. The van der Waals surface area contributed by atoms with Crippen molar-refractivity contribution < 1.29 is 30.0 Å². The number of fused-ring (bicyclic) bond motifs is 1. The van der Waals surface area contributed by atoms with E-state index in [1.54, 1.807) is 12.4 Å². The average molecular weight is 582 g/mol. The Labute approximate surface area is 192 Å². The van der Waals surface area contributed by atoms with Gasteiger partial charge in [-0.25, -0.2) is 0 Å². The van der Waals surface area contributed by atoms with Crippen molar-refractivity contribution in [3.05, 3.63) is 72.8 Å². The summed E-state index contributed by atoms with van der Waals surface area (Å²) >= 11 is 0. The Morgan fingerprint density at radius 1 is 0.933 bits per heavy atom. The fourth-order valence-corrected chi connectivity index (χ4v) is 2.33. The van der Waals surface area contributed by atoms with Crippen molar-refractivity contribution in [3.8, 4) is 11.4 Å². The largest absolute Gasteiger partial charge is 0.512 e. The van der Waals surface area contributed by atoms with Gasteiger partial charge in [0.1, 0.15) is 5.76 Å². The molecule has 0 aliphatic rings. The molecule has 30 heavy (non-hydrogen) atoms.